The first-order valence-corrected chi connectivity index (χ1v) is 9.07. The second kappa shape index (κ2) is 6.39. The van der Waals surface area contributed by atoms with Crippen molar-refractivity contribution >= 4 is 22.0 Å². The zero-order valence-corrected chi connectivity index (χ0v) is 14.9. The lowest BCUT2D eigenvalue weighted by atomic mass is 10.1. The van der Waals surface area contributed by atoms with Gasteiger partial charge in [0.15, 0.2) is 11.5 Å². The van der Waals surface area contributed by atoms with E-state index >= 15 is 0 Å². The molecule has 6 heteroatoms. The van der Waals surface area contributed by atoms with E-state index in [9.17, 15) is 0 Å². The van der Waals surface area contributed by atoms with Crippen LogP contribution in [0, 0.1) is 0 Å². The fraction of sp³-hybridized carbons (Fsp3) is 0.190. The standard InChI is InChI=1S/C21H18N4O2/c1-2-19-23-17-11-13(7-9-18(17)26-19)21-24-20(27-25-21)10-8-14-12-22-16-6-4-3-5-15(14)16/h3-7,9,11-12,22H,2,8,10H2,1H3. The van der Waals surface area contributed by atoms with E-state index in [2.05, 4.69) is 38.3 Å². The van der Waals surface area contributed by atoms with E-state index in [0.29, 0.717) is 18.1 Å². The van der Waals surface area contributed by atoms with Crippen LogP contribution in [0.15, 0.2) is 57.6 Å². The third kappa shape index (κ3) is 2.89. The largest absolute Gasteiger partial charge is 0.441 e. The van der Waals surface area contributed by atoms with Crippen molar-refractivity contribution in [2.45, 2.75) is 26.2 Å². The minimum Gasteiger partial charge on any atom is -0.441 e. The Morgan fingerprint density at radius 1 is 1.00 bits per heavy atom. The van der Waals surface area contributed by atoms with E-state index in [4.69, 9.17) is 8.94 Å². The molecule has 0 unspecified atom stereocenters. The molecule has 0 atom stereocenters. The van der Waals surface area contributed by atoms with E-state index in [-0.39, 0.29) is 0 Å². The topological polar surface area (TPSA) is 80.7 Å². The van der Waals surface area contributed by atoms with Gasteiger partial charge >= 0.3 is 0 Å². The average Bonchev–Trinajstić information content (AvgIpc) is 3.43. The average molecular weight is 358 g/mol. The molecule has 5 rings (SSSR count). The number of aromatic amines is 1. The first-order valence-electron chi connectivity index (χ1n) is 9.07. The van der Waals surface area contributed by atoms with Crippen molar-refractivity contribution < 1.29 is 8.94 Å². The van der Waals surface area contributed by atoms with Gasteiger partial charge < -0.3 is 13.9 Å². The second-order valence-electron chi connectivity index (χ2n) is 6.51. The highest BCUT2D eigenvalue weighted by Gasteiger charge is 2.12. The van der Waals surface area contributed by atoms with Gasteiger partial charge in [-0.3, -0.25) is 0 Å². The summed E-state index contributed by atoms with van der Waals surface area (Å²) in [6.45, 7) is 2.02. The summed E-state index contributed by atoms with van der Waals surface area (Å²) < 4.78 is 11.1. The van der Waals surface area contributed by atoms with Crippen LogP contribution in [0.2, 0.25) is 0 Å². The molecule has 0 saturated heterocycles. The predicted molar refractivity (Wildman–Crippen MR) is 102 cm³/mol. The summed E-state index contributed by atoms with van der Waals surface area (Å²) in [6, 6.07) is 14.1. The van der Waals surface area contributed by atoms with Crippen molar-refractivity contribution in [3.05, 3.63) is 66.0 Å². The summed E-state index contributed by atoms with van der Waals surface area (Å²) in [7, 11) is 0. The molecule has 2 aromatic carbocycles. The molecule has 0 bridgehead atoms. The molecule has 0 amide bonds. The zero-order chi connectivity index (χ0) is 18.2. The second-order valence-corrected chi connectivity index (χ2v) is 6.51. The van der Waals surface area contributed by atoms with E-state index in [1.165, 1.54) is 10.9 Å². The van der Waals surface area contributed by atoms with Gasteiger partial charge in [0.25, 0.3) is 0 Å². The molecular formula is C21H18N4O2. The molecule has 27 heavy (non-hydrogen) atoms. The number of oxazole rings is 1. The summed E-state index contributed by atoms with van der Waals surface area (Å²) in [5, 5.41) is 5.37. The van der Waals surface area contributed by atoms with Gasteiger partial charge in [0.2, 0.25) is 11.7 Å². The van der Waals surface area contributed by atoms with Crippen LogP contribution in [0.1, 0.15) is 24.3 Å². The van der Waals surface area contributed by atoms with Crippen LogP contribution in [-0.2, 0) is 19.3 Å². The normalized spacial score (nSPS) is 11.6. The highest BCUT2D eigenvalue weighted by Crippen LogP contribution is 2.24. The highest BCUT2D eigenvalue weighted by atomic mass is 16.5. The lowest BCUT2D eigenvalue weighted by Crippen LogP contribution is -1.91. The van der Waals surface area contributed by atoms with Crippen molar-refractivity contribution in [2.24, 2.45) is 0 Å². The zero-order valence-electron chi connectivity index (χ0n) is 14.9. The molecule has 0 aliphatic heterocycles. The number of para-hydroxylation sites is 1. The van der Waals surface area contributed by atoms with Gasteiger partial charge in [0, 0.05) is 35.5 Å². The quantitative estimate of drug-likeness (QED) is 0.492. The Balaban J connectivity index is 1.36. The van der Waals surface area contributed by atoms with E-state index < -0.39 is 0 Å². The van der Waals surface area contributed by atoms with Crippen LogP contribution in [0.4, 0.5) is 0 Å². The van der Waals surface area contributed by atoms with Gasteiger partial charge in [0.1, 0.15) is 5.52 Å². The van der Waals surface area contributed by atoms with Gasteiger partial charge in [0.05, 0.1) is 0 Å². The fourth-order valence-electron chi connectivity index (χ4n) is 3.32. The molecule has 0 aliphatic carbocycles. The monoisotopic (exact) mass is 358 g/mol. The molecule has 1 N–H and O–H groups in total. The van der Waals surface area contributed by atoms with Gasteiger partial charge in [-0.15, -0.1) is 0 Å². The number of aromatic nitrogens is 4. The molecule has 0 aliphatic rings. The molecular weight excluding hydrogens is 340 g/mol. The van der Waals surface area contributed by atoms with Gasteiger partial charge in [-0.25, -0.2) is 4.98 Å². The van der Waals surface area contributed by atoms with E-state index in [0.717, 1.165) is 40.9 Å². The maximum absolute atomic E-state index is 5.65. The number of nitrogens with one attached hydrogen (secondary N) is 1. The Labute approximate surface area is 155 Å². The van der Waals surface area contributed by atoms with Gasteiger partial charge in [-0.2, -0.15) is 4.98 Å². The molecule has 5 aromatic rings. The lowest BCUT2D eigenvalue weighted by molar-refractivity contribution is 0.379. The maximum Gasteiger partial charge on any atom is 0.227 e. The summed E-state index contributed by atoms with van der Waals surface area (Å²) in [6.07, 6.45) is 4.35. The Hall–Kier alpha value is -3.41. The maximum atomic E-state index is 5.65. The first kappa shape index (κ1) is 15.8. The van der Waals surface area contributed by atoms with Crippen LogP contribution >= 0.6 is 0 Å². The molecule has 134 valence electrons. The summed E-state index contributed by atoms with van der Waals surface area (Å²) in [5.41, 5.74) is 4.86. The minimum absolute atomic E-state index is 0.576. The van der Waals surface area contributed by atoms with Crippen LogP contribution in [-0.4, -0.2) is 20.1 Å². The van der Waals surface area contributed by atoms with Gasteiger partial charge in [-0.05, 0) is 36.2 Å². The third-order valence-corrected chi connectivity index (χ3v) is 4.74. The molecule has 0 saturated carbocycles. The molecule has 0 spiro atoms. The molecule has 0 fully saturated rings. The van der Waals surface area contributed by atoms with Crippen molar-refractivity contribution in [2.75, 3.05) is 0 Å². The fourth-order valence-corrected chi connectivity index (χ4v) is 3.32. The molecule has 3 aromatic heterocycles. The predicted octanol–water partition coefficient (Wildman–Crippen LogP) is 4.71. The Morgan fingerprint density at radius 2 is 1.93 bits per heavy atom. The van der Waals surface area contributed by atoms with Crippen LogP contribution in [0.5, 0.6) is 0 Å². The number of aryl methyl sites for hydroxylation is 3. The Morgan fingerprint density at radius 3 is 2.85 bits per heavy atom. The van der Waals surface area contributed by atoms with Gasteiger partial charge in [-0.1, -0.05) is 30.3 Å². The highest BCUT2D eigenvalue weighted by molar-refractivity contribution is 5.83. The van der Waals surface area contributed by atoms with Crippen LogP contribution in [0.25, 0.3) is 33.4 Å². The van der Waals surface area contributed by atoms with Crippen molar-refractivity contribution in [3.63, 3.8) is 0 Å². The lowest BCUT2D eigenvalue weighted by Gasteiger charge is -1.96. The molecule has 3 heterocycles. The first-order chi connectivity index (χ1) is 13.3. The third-order valence-electron chi connectivity index (χ3n) is 4.74. The Bertz CT molecular complexity index is 1230. The number of nitrogens with zero attached hydrogens (tertiary/aromatic N) is 3. The summed E-state index contributed by atoms with van der Waals surface area (Å²) in [5.74, 6) is 1.94. The van der Waals surface area contributed by atoms with Crippen molar-refractivity contribution in [1.29, 1.82) is 0 Å². The number of rotatable bonds is 5. The molecule has 0 radical (unpaired) electrons. The Kier molecular flexibility index (Phi) is 3.74. The number of benzene rings is 2. The number of hydrogen-bond donors (Lipinski definition) is 1. The SMILES string of the molecule is CCc1nc2cc(-c3noc(CCc4c[nH]c5ccccc45)n3)ccc2o1. The van der Waals surface area contributed by atoms with Crippen LogP contribution < -0.4 is 0 Å². The minimum atomic E-state index is 0.576. The summed E-state index contributed by atoms with van der Waals surface area (Å²) in [4.78, 5) is 12.3. The number of fused-ring (bicyclic) bond motifs is 2. The summed E-state index contributed by atoms with van der Waals surface area (Å²) >= 11 is 0. The van der Waals surface area contributed by atoms with Crippen molar-refractivity contribution in [1.82, 2.24) is 20.1 Å². The van der Waals surface area contributed by atoms with Crippen LogP contribution in [0.3, 0.4) is 0 Å². The van der Waals surface area contributed by atoms with E-state index in [1.807, 2.05) is 37.4 Å². The number of H-pyrrole nitrogens is 1. The van der Waals surface area contributed by atoms with Crippen molar-refractivity contribution in [3.8, 4) is 11.4 Å². The number of hydrogen-bond acceptors (Lipinski definition) is 5. The molecule has 6 nitrogen and oxygen atoms in total. The smallest absolute Gasteiger partial charge is 0.227 e. The van der Waals surface area contributed by atoms with E-state index in [1.54, 1.807) is 0 Å².